The number of hydrogen-bond donors (Lipinski definition) is 2. The van der Waals surface area contributed by atoms with Crippen LogP contribution in [-0.4, -0.2) is 49.5 Å². The number of rotatable bonds is 6. The van der Waals surface area contributed by atoms with Crippen LogP contribution < -0.4 is 10.6 Å². The van der Waals surface area contributed by atoms with Gasteiger partial charge in [-0.3, -0.25) is 4.79 Å². The van der Waals surface area contributed by atoms with Crippen molar-refractivity contribution >= 4 is 17.7 Å². The van der Waals surface area contributed by atoms with Gasteiger partial charge in [0, 0.05) is 17.6 Å². The average Bonchev–Trinajstić information content (AvgIpc) is 2.70. The molecule has 1 rings (SSSR count). The van der Waals surface area contributed by atoms with Crippen LogP contribution in [0.15, 0.2) is 5.16 Å². The molecule has 0 aromatic carbocycles. The van der Waals surface area contributed by atoms with Gasteiger partial charge in [-0.2, -0.15) is 0 Å². The Hall–Kier alpha value is -1.15. The molecule has 0 radical (unpaired) electrons. The molecule has 2 N–H and O–H groups in total. The number of aromatic nitrogens is 4. The van der Waals surface area contributed by atoms with Gasteiger partial charge in [-0.15, -0.1) is 5.10 Å². The monoisotopic (exact) mass is 314 g/mol. The summed E-state index contributed by atoms with van der Waals surface area (Å²) in [5.41, 5.74) is -0.159. The highest BCUT2D eigenvalue weighted by Gasteiger charge is 2.16. The normalized spacial score (nSPS) is 12.5. The van der Waals surface area contributed by atoms with Gasteiger partial charge in [0.1, 0.15) is 0 Å². The van der Waals surface area contributed by atoms with Crippen LogP contribution in [0, 0.1) is 0 Å². The van der Waals surface area contributed by atoms with Gasteiger partial charge < -0.3 is 10.6 Å². The van der Waals surface area contributed by atoms with E-state index in [1.54, 1.807) is 4.68 Å². The van der Waals surface area contributed by atoms with E-state index in [9.17, 15) is 4.79 Å². The molecule has 8 heteroatoms. The van der Waals surface area contributed by atoms with Crippen molar-refractivity contribution in [2.75, 3.05) is 12.3 Å². The Balaban J connectivity index is 2.43. The van der Waals surface area contributed by atoms with Gasteiger partial charge in [0.25, 0.3) is 0 Å². The summed E-state index contributed by atoms with van der Waals surface area (Å²) < 4.78 is 1.72. The highest BCUT2D eigenvalue weighted by molar-refractivity contribution is 7.99. The van der Waals surface area contributed by atoms with E-state index in [-0.39, 0.29) is 17.0 Å². The maximum Gasteiger partial charge on any atom is 0.230 e. The summed E-state index contributed by atoms with van der Waals surface area (Å²) in [7, 11) is 0. The zero-order chi connectivity index (χ0) is 16.1. The van der Waals surface area contributed by atoms with E-state index in [0.29, 0.717) is 17.5 Å². The second-order valence-corrected chi connectivity index (χ2v) is 7.89. The molecule has 1 amide bonds. The Bertz CT molecular complexity index is 460. The van der Waals surface area contributed by atoms with Crippen LogP contribution >= 0.6 is 11.8 Å². The maximum atomic E-state index is 11.8. The molecule has 0 saturated carbocycles. The predicted octanol–water partition coefficient (Wildman–Crippen LogP) is 1.07. The minimum atomic E-state index is -0.222. The molecule has 0 aliphatic rings. The minimum absolute atomic E-state index is 0.0186. The van der Waals surface area contributed by atoms with E-state index in [4.69, 9.17) is 0 Å². The Kier molecular flexibility index (Phi) is 6.15. The lowest BCUT2D eigenvalue weighted by Gasteiger charge is -2.20. The maximum absolute atomic E-state index is 11.8. The van der Waals surface area contributed by atoms with Crippen molar-refractivity contribution in [3.05, 3.63) is 0 Å². The SMILES string of the molecule is CC(C)(C)NCCn1nnnc1SCC(=O)NC(C)(C)C. The van der Waals surface area contributed by atoms with Gasteiger partial charge in [0.15, 0.2) is 0 Å². The van der Waals surface area contributed by atoms with Gasteiger partial charge in [0.05, 0.1) is 12.3 Å². The van der Waals surface area contributed by atoms with Crippen molar-refractivity contribution < 1.29 is 4.79 Å². The van der Waals surface area contributed by atoms with Crippen LogP contribution in [-0.2, 0) is 11.3 Å². The topological polar surface area (TPSA) is 84.7 Å². The summed E-state index contributed by atoms with van der Waals surface area (Å²) in [6.07, 6.45) is 0. The molecule has 120 valence electrons. The fourth-order valence-corrected chi connectivity index (χ4v) is 2.26. The third kappa shape index (κ3) is 8.01. The van der Waals surface area contributed by atoms with Crippen LogP contribution in [0.1, 0.15) is 41.5 Å². The molecule has 21 heavy (non-hydrogen) atoms. The molecule has 1 heterocycles. The second kappa shape index (κ2) is 7.22. The van der Waals surface area contributed by atoms with Crippen molar-refractivity contribution in [2.45, 2.75) is 64.3 Å². The standard InChI is InChI=1S/C13H26N6OS/c1-12(2,3)14-7-8-19-11(16-17-18-19)21-9-10(20)15-13(4,5)6/h14H,7-9H2,1-6H3,(H,15,20). The fraction of sp³-hybridized carbons (Fsp3) is 0.846. The summed E-state index contributed by atoms with van der Waals surface area (Å²) in [6.45, 7) is 13.6. The highest BCUT2D eigenvalue weighted by Crippen LogP contribution is 2.13. The Morgan fingerprint density at radius 2 is 1.86 bits per heavy atom. The number of carbonyl (C=O) groups excluding carboxylic acids is 1. The molecule has 0 fully saturated rings. The van der Waals surface area contributed by atoms with Crippen molar-refractivity contribution in [3.63, 3.8) is 0 Å². The van der Waals surface area contributed by atoms with Crippen LogP contribution in [0.5, 0.6) is 0 Å². The molecule has 0 spiro atoms. The van der Waals surface area contributed by atoms with Crippen molar-refractivity contribution in [3.8, 4) is 0 Å². The highest BCUT2D eigenvalue weighted by atomic mass is 32.2. The van der Waals surface area contributed by atoms with E-state index in [2.05, 4.69) is 46.9 Å². The fourth-order valence-electron chi connectivity index (χ4n) is 1.56. The predicted molar refractivity (Wildman–Crippen MR) is 84.2 cm³/mol. The van der Waals surface area contributed by atoms with E-state index in [0.717, 1.165) is 6.54 Å². The second-order valence-electron chi connectivity index (χ2n) is 6.95. The largest absolute Gasteiger partial charge is 0.351 e. The van der Waals surface area contributed by atoms with Gasteiger partial charge in [0.2, 0.25) is 11.1 Å². The smallest absolute Gasteiger partial charge is 0.230 e. The summed E-state index contributed by atoms with van der Waals surface area (Å²) in [6, 6.07) is 0. The lowest BCUT2D eigenvalue weighted by atomic mass is 10.1. The number of thioether (sulfide) groups is 1. The molecule has 1 aromatic rings. The first kappa shape index (κ1) is 17.9. The third-order valence-corrected chi connectivity index (χ3v) is 3.28. The first-order chi connectivity index (χ1) is 9.57. The Morgan fingerprint density at radius 1 is 1.19 bits per heavy atom. The molecule has 0 aliphatic carbocycles. The van der Waals surface area contributed by atoms with Crippen LogP contribution in [0.25, 0.3) is 0 Å². The molecular weight excluding hydrogens is 288 g/mol. The first-order valence-corrected chi connectivity index (χ1v) is 8.00. The average molecular weight is 314 g/mol. The lowest BCUT2D eigenvalue weighted by Crippen LogP contribution is -2.41. The van der Waals surface area contributed by atoms with Gasteiger partial charge in [-0.1, -0.05) is 11.8 Å². The summed E-state index contributed by atoms with van der Waals surface area (Å²) in [5.74, 6) is 0.291. The van der Waals surface area contributed by atoms with Crippen molar-refractivity contribution in [1.82, 2.24) is 30.8 Å². The number of nitrogens with one attached hydrogen (secondary N) is 2. The molecule has 0 saturated heterocycles. The van der Waals surface area contributed by atoms with Crippen LogP contribution in [0.4, 0.5) is 0 Å². The molecule has 1 aromatic heterocycles. The van der Waals surface area contributed by atoms with Gasteiger partial charge in [-0.05, 0) is 52.0 Å². The minimum Gasteiger partial charge on any atom is -0.351 e. The molecule has 0 bridgehead atoms. The van der Waals surface area contributed by atoms with E-state index >= 15 is 0 Å². The summed E-state index contributed by atoms with van der Waals surface area (Å²) in [4.78, 5) is 11.8. The molecule has 0 atom stereocenters. The number of nitrogens with zero attached hydrogens (tertiary/aromatic N) is 4. The zero-order valence-electron chi connectivity index (χ0n) is 13.7. The Labute approximate surface area is 130 Å². The number of tetrazole rings is 1. The summed E-state index contributed by atoms with van der Waals surface area (Å²) in [5, 5.41) is 18.5. The van der Waals surface area contributed by atoms with E-state index in [1.165, 1.54) is 11.8 Å². The van der Waals surface area contributed by atoms with Crippen molar-refractivity contribution in [2.24, 2.45) is 0 Å². The van der Waals surface area contributed by atoms with Crippen LogP contribution in [0.2, 0.25) is 0 Å². The molecule has 0 aliphatic heterocycles. The molecular formula is C13H26N6OS. The number of amides is 1. The van der Waals surface area contributed by atoms with E-state index in [1.807, 2.05) is 20.8 Å². The summed E-state index contributed by atoms with van der Waals surface area (Å²) >= 11 is 1.35. The lowest BCUT2D eigenvalue weighted by molar-refractivity contribution is -0.119. The van der Waals surface area contributed by atoms with Gasteiger partial charge in [-0.25, -0.2) is 4.68 Å². The number of hydrogen-bond acceptors (Lipinski definition) is 6. The van der Waals surface area contributed by atoms with Gasteiger partial charge >= 0.3 is 0 Å². The van der Waals surface area contributed by atoms with E-state index < -0.39 is 0 Å². The number of carbonyl (C=O) groups is 1. The third-order valence-electron chi connectivity index (χ3n) is 2.32. The quantitative estimate of drug-likeness (QED) is 0.764. The van der Waals surface area contributed by atoms with Crippen molar-refractivity contribution in [1.29, 1.82) is 0 Å². The van der Waals surface area contributed by atoms with Crippen LogP contribution in [0.3, 0.4) is 0 Å². The molecule has 7 nitrogen and oxygen atoms in total. The molecule has 0 unspecified atom stereocenters. The zero-order valence-corrected chi connectivity index (χ0v) is 14.5. The first-order valence-electron chi connectivity index (χ1n) is 7.02. The Morgan fingerprint density at radius 3 is 2.43 bits per heavy atom.